The fraction of sp³-hybridized carbons (Fsp3) is 0.227. The highest BCUT2D eigenvalue weighted by atomic mass is 35.5. The molecule has 1 atom stereocenters. The molecule has 0 radical (unpaired) electrons. The first-order valence-corrected chi connectivity index (χ1v) is 12.6. The maximum Gasteiger partial charge on any atom is 0.224 e. The monoisotopic (exact) mass is 518 g/mol. The summed E-state index contributed by atoms with van der Waals surface area (Å²) in [7, 11) is -3.70. The molecule has 0 unspecified atom stereocenters. The van der Waals surface area contributed by atoms with Crippen LogP contribution in [-0.4, -0.2) is 50.5 Å². The van der Waals surface area contributed by atoms with Crippen LogP contribution in [0.5, 0.6) is 5.88 Å². The molecular formula is C22H17ClF2N6O3S. The van der Waals surface area contributed by atoms with Gasteiger partial charge in [-0.3, -0.25) is 4.57 Å². The van der Waals surface area contributed by atoms with Crippen molar-refractivity contribution in [1.29, 1.82) is 0 Å². The number of hydrogen-bond acceptors (Lipinski definition) is 8. The van der Waals surface area contributed by atoms with E-state index in [2.05, 4.69) is 25.1 Å². The van der Waals surface area contributed by atoms with Gasteiger partial charge in [-0.15, -0.1) is 10.2 Å². The van der Waals surface area contributed by atoms with Gasteiger partial charge in [-0.1, -0.05) is 17.7 Å². The van der Waals surface area contributed by atoms with E-state index in [9.17, 15) is 17.2 Å². The molecule has 0 bridgehead atoms. The fourth-order valence-corrected chi connectivity index (χ4v) is 5.15. The number of ether oxygens (including phenoxy) is 1. The number of halogens is 3. The highest BCUT2D eigenvalue weighted by Crippen LogP contribution is 2.36. The van der Waals surface area contributed by atoms with E-state index >= 15 is 0 Å². The summed E-state index contributed by atoms with van der Waals surface area (Å²) in [6.45, 7) is -0.0940. The van der Waals surface area contributed by atoms with E-state index in [1.54, 1.807) is 12.1 Å². The Morgan fingerprint density at radius 1 is 1.11 bits per heavy atom. The first-order chi connectivity index (χ1) is 16.8. The summed E-state index contributed by atoms with van der Waals surface area (Å²) in [6, 6.07) is 5.69. The summed E-state index contributed by atoms with van der Waals surface area (Å²) in [4.78, 5) is 12.2. The van der Waals surface area contributed by atoms with E-state index in [0.717, 1.165) is 12.1 Å². The van der Waals surface area contributed by atoms with Crippen LogP contribution in [0.3, 0.4) is 0 Å². The summed E-state index contributed by atoms with van der Waals surface area (Å²) >= 11 is 5.77. The Morgan fingerprint density at radius 2 is 1.91 bits per heavy atom. The van der Waals surface area contributed by atoms with Crippen molar-refractivity contribution in [3.63, 3.8) is 0 Å². The Bertz CT molecular complexity index is 1500. The number of aromatic nitrogens is 6. The third-order valence-electron chi connectivity index (χ3n) is 5.45. The highest BCUT2D eigenvalue weighted by molar-refractivity contribution is 7.90. The van der Waals surface area contributed by atoms with Gasteiger partial charge in [0, 0.05) is 36.6 Å². The number of hydrogen-bond donors (Lipinski definition) is 0. The van der Waals surface area contributed by atoms with Crippen LogP contribution in [-0.2, 0) is 22.0 Å². The third-order valence-corrected chi connectivity index (χ3v) is 7.17. The molecular weight excluding hydrogens is 502 g/mol. The smallest absolute Gasteiger partial charge is 0.224 e. The molecule has 4 heterocycles. The lowest BCUT2D eigenvalue weighted by Gasteiger charge is -2.20. The van der Waals surface area contributed by atoms with Crippen molar-refractivity contribution in [3.8, 4) is 17.3 Å². The Labute approximate surface area is 203 Å². The second kappa shape index (κ2) is 9.27. The normalized spacial score (nSPS) is 15.1. The lowest BCUT2D eigenvalue weighted by atomic mass is 10.1. The average Bonchev–Trinajstić information content (AvgIpc) is 3.14. The van der Waals surface area contributed by atoms with Crippen LogP contribution in [0.1, 0.15) is 23.3 Å². The average molecular weight is 519 g/mol. The summed E-state index contributed by atoms with van der Waals surface area (Å²) in [5.41, 5.74) is 0.580. The molecule has 0 saturated carbocycles. The molecule has 35 heavy (non-hydrogen) atoms. The molecule has 1 aromatic carbocycles. The fourth-order valence-electron chi connectivity index (χ4n) is 3.83. The lowest BCUT2D eigenvalue weighted by Crippen LogP contribution is -2.23. The Morgan fingerprint density at radius 3 is 2.69 bits per heavy atom. The van der Waals surface area contributed by atoms with Crippen molar-refractivity contribution >= 4 is 21.4 Å². The number of aryl methyl sites for hydroxylation is 1. The molecule has 9 nitrogen and oxygen atoms in total. The van der Waals surface area contributed by atoms with Gasteiger partial charge < -0.3 is 4.74 Å². The number of fused-ring (bicyclic) bond motifs is 3. The number of benzene rings is 1. The third kappa shape index (κ3) is 4.84. The predicted octanol–water partition coefficient (Wildman–Crippen LogP) is 3.20. The second-order valence-electron chi connectivity index (χ2n) is 7.82. The zero-order valence-corrected chi connectivity index (χ0v) is 19.5. The van der Waals surface area contributed by atoms with E-state index < -0.39 is 33.3 Å². The van der Waals surface area contributed by atoms with Crippen LogP contribution >= 0.6 is 11.6 Å². The van der Waals surface area contributed by atoms with Crippen LogP contribution in [0, 0.1) is 11.6 Å². The molecule has 0 spiro atoms. The Hall–Kier alpha value is -3.51. The molecule has 0 saturated heterocycles. The minimum Gasteiger partial charge on any atom is -0.475 e. The van der Waals surface area contributed by atoms with Crippen LogP contribution in [0.2, 0.25) is 5.02 Å². The molecule has 5 rings (SSSR count). The molecule has 1 aliphatic heterocycles. The van der Waals surface area contributed by atoms with Gasteiger partial charge in [-0.2, -0.15) is 0 Å². The Balaban J connectivity index is 1.52. The molecule has 0 N–H and O–H groups in total. The lowest BCUT2D eigenvalue weighted by molar-refractivity contribution is 0.266. The van der Waals surface area contributed by atoms with Crippen LogP contribution in [0.4, 0.5) is 8.78 Å². The van der Waals surface area contributed by atoms with Crippen LogP contribution < -0.4 is 4.74 Å². The van der Waals surface area contributed by atoms with Gasteiger partial charge in [-0.05, 0) is 18.2 Å². The molecule has 4 aromatic rings. The minimum atomic E-state index is -3.70. The van der Waals surface area contributed by atoms with E-state index in [1.807, 2.05) is 0 Å². The zero-order chi connectivity index (χ0) is 24.6. The molecule has 0 fully saturated rings. The maximum absolute atomic E-state index is 14.8. The zero-order valence-electron chi connectivity index (χ0n) is 18.0. The van der Waals surface area contributed by atoms with E-state index in [1.165, 1.54) is 29.2 Å². The first-order valence-electron chi connectivity index (χ1n) is 10.4. The van der Waals surface area contributed by atoms with Gasteiger partial charge in [-0.25, -0.2) is 32.2 Å². The van der Waals surface area contributed by atoms with E-state index in [4.69, 9.17) is 16.3 Å². The van der Waals surface area contributed by atoms with Gasteiger partial charge in [0.2, 0.25) is 5.88 Å². The molecule has 0 amide bonds. The Kier molecular flexibility index (Phi) is 6.15. The number of rotatable bonds is 6. The number of pyridine rings is 1. The summed E-state index contributed by atoms with van der Waals surface area (Å²) in [5, 5.41) is 8.65. The van der Waals surface area contributed by atoms with E-state index in [-0.39, 0.29) is 41.9 Å². The van der Waals surface area contributed by atoms with Crippen LogP contribution in [0.15, 0.2) is 48.9 Å². The van der Waals surface area contributed by atoms with Gasteiger partial charge in [0.25, 0.3) is 0 Å². The van der Waals surface area contributed by atoms with Crippen molar-refractivity contribution < 1.29 is 21.9 Å². The second-order valence-corrected chi connectivity index (χ2v) is 10.4. The molecule has 0 aliphatic carbocycles. The standard InChI is InChI=1S/C22H17ClF2N6O3S/c23-13-9-27-19(28-10-13)5-7-35(32,33)12-20-29-30-21-16-2-1-6-26-22(16)34-11-18(31(20)21)15-4-3-14(24)8-17(15)25/h1-4,6,8-10,18H,5,7,11-12H2/t18-/m0/s1. The van der Waals surface area contributed by atoms with Crippen molar-refractivity contribution in [3.05, 3.63) is 82.8 Å². The van der Waals surface area contributed by atoms with Gasteiger partial charge in [0.05, 0.1) is 22.4 Å². The quantitative estimate of drug-likeness (QED) is 0.382. The number of nitrogens with zero attached hydrogens (tertiary/aromatic N) is 6. The topological polar surface area (TPSA) is 113 Å². The minimum absolute atomic E-state index is 0.0758. The maximum atomic E-state index is 14.8. The summed E-state index contributed by atoms with van der Waals surface area (Å²) < 4.78 is 61.7. The predicted molar refractivity (Wildman–Crippen MR) is 121 cm³/mol. The van der Waals surface area contributed by atoms with Crippen molar-refractivity contribution in [1.82, 2.24) is 29.7 Å². The van der Waals surface area contributed by atoms with Crippen molar-refractivity contribution in [2.24, 2.45) is 0 Å². The molecule has 3 aromatic heterocycles. The molecule has 1 aliphatic rings. The molecule has 13 heteroatoms. The van der Waals surface area contributed by atoms with Gasteiger partial charge >= 0.3 is 0 Å². The van der Waals surface area contributed by atoms with Crippen LogP contribution in [0.25, 0.3) is 11.4 Å². The SMILES string of the molecule is O=S(=O)(CCc1ncc(Cl)cn1)Cc1nnc2n1[C@H](c1ccc(F)cc1F)COc1ncccc1-2. The summed E-state index contributed by atoms with van der Waals surface area (Å²) in [5.74, 6) is -1.31. The van der Waals surface area contributed by atoms with Gasteiger partial charge in [0.15, 0.2) is 15.7 Å². The largest absolute Gasteiger partial charge is 0.475 e. The van der Waals surface area contributed by atoms with E-state index in [0.29, 0.717) is 16.4 Å². The van der Waals surface area contributed by atoms with Crippen molar-refractivity contribution in [2.45, 2.75) is 18.2 Å². The summed E-state index contributed by atoms with van der Waals surface area (Å²) in [6.07, 6.45) is 4.39. The number of sulfone groups is 1. The first kappa shape index (κ1) is 23.2. The molecule has 180 valence electrons. The van der Waals surface area contributed by atoms with Crippen molar-refractivity contribution in [2.75, 3.05) is 12.4 Å². The van der Waals surface area contributed by atoms with Gasteiger partial charge in [0.1, 0.15) is 35.6 Å². The highest BCUT2D eigenvalue weighted by Gasteiger charge is 2.32.